The molecule has 0 aliphatic carbocycles. The van der Waals surface area contributed by atoms with Gasteiger partial charge in [0.15, 0.2) is 0 Å². The van der Waals surface area contributed by atoms with Crippen molar-refractivity contribution in [2.45, 2.75) is 13.5 Å². The summed E-state index contributed by atoms with van der Waals surface area (Å²) in [5.74, 6) is 0.921. The molecule has 2 aromatic rings. The zero-order valence-electron chi connectivity index (χ0n) is 12.3. The van der Waals surface area contributed by atoms with Gasteiger partial charge >= 0.3 is 0 Å². The van der Waals surface area contributed by atoms with Crippen LogP contribution in [0.3, 0.4) is 0 Å². The van der Waals surface area contributed by atoms with E-state index in [0.717, 1.165) is 22.9 Å². The first kappa shape index (κ1) is 13.9. The van der Waals surface area contributed by atoms with Crippen LogP contribution in [0.2, 0.25) is 0 Å². The van der Waals surface area contributed by atoms with E-state index >= 15 is 0 Å². The molecule has 0 aliphatic rings. The Morgan fingerprint density at radius 2 is 2.15 bits per heavy atom. The maximum Gasteiger partial charge on any atom is 0.204 e. The van der Waals surface area contributed by atoms with E-state index in [0.29, 0.717) is 12.1 Å². The standard InChI is InChI=1S/C15H19N5/c1-11-5-6-12(8-16)7-14(11)17-9-13-10-18-15(19(2)3)20(13)4/h5-7,10,17H,9H2,1-4H3. The number of anilines is 2. The van der Waals surface area contributed by atoms with Gasteiger partial charge in [-0.1, -0.05) is 6.07 Å². The zero-order chi connectivity index (χ0) is 14.7. The van der Waals surface area contributed by atoms with E-state index in [1.54, 1.807) is 0 Å². The molecular formula is C15H19N5. The van der Waals surface area contributed by atoms with Gasteiger partial charge in [-0.15, -0.1) is 0 Å². The molecule has 0 fully saturated rings. The Morgan fingerprint density at radius 1 is 1.40 bits per heavy atom. The molecule has 0 unspecified atom stereocenters. The van der Waals surface area contributed by atoms with Crippen LogP contribution in [0, 0.1) is 18.3 Å². The number of nitrogens with zero attached hydrogens (tertiary/aromatic N) is 4. The summed E-state index contributed by atoms with van der Waals surface area (Å²) in [5, 5.41) is 12.3. The zero-order valence-corrected chi connectivity index (χ0v) is 12.3. The molecular weight excluding hydrogens is 250 g/mol. The average Bonchev–Trinajstić information content (AvgIpc) is 2.79. The van der Waals surface area contributed by atoms with Crippen molar-refractivity contribution in [1.82, 2.24) is 9.55 Å². The predicted molar refractivity (Wildman–Crippen MR) is 80.8 cm³/mol. The number of benzene rings is 1. The Kier molecular flexibility index (Phi) is 3.94. The van der Waals surface area contributed by atoms with Crippen molar-refractivity contribution < 1.29 is 0 Å². The number of aryl methyl sites for hydroxylation is 1. The van der Waals surface area contributed by atoms with Gasteiger partial charge in [-0.05, 0) is 24.6 Å². The van der Waals surface area contributed by atoms with Crippen molar-refractivity contribution in [2.75, 3.05) is 24.3 Å². The number of aromatic nitrogens is 2. The normalized spacial score (nSPS) is 10.2. The third-order valence-corrected chi connectivity index (χ3v) is 3.29. The lowest BCUT2D eigenvalue weighted by Crippen LogP contribution is -2.15. The molecule has 1 aromatic carbocycles. The van der Waals surface area contributed by atoms with Gasteiger partial charge in [0.05, 0.1) is 30.1 Å². The summed E-state index contributed by atoms with van der Waals surface area (Å²) in [6.07, 6.45) is 1.87. The largest absolute Gasteiger partial charge is 0.379 e. The fourth-order valence-corrected chi connectivity index (χ4v) is 2.08. The minimum absolute atomic E-state index is 0.664. The minimum atomic E-state index is 0.664. The third-order valence-electron chi connectivity index (χ3n) is 3.29. The first-order chi connectivity index (χ1) is 9.52. The van der Waals surface area contributed by atoms with Crippen LogP contribution in [0.1, 0.15) is 16.8 Å². The number of hydrogen-bond donors (Lipinski definition) is 1. The summed E-state index contributed by atoms with van der Waals surface area (Å²) >= 11 is 0. The lowest BCUT2D eigenvalue weighted by atomic mass is 10.1. The number of rotatable bonds is 4. The quantitative estimate of drug-likeness (QED) is 0.925. The molecule has 0 saturated heterocycles. The molecule has 2 rings (SSSR count). The van der Waals surface area contributed by atoms with Crippen molar-refractivity contribution in [3.05, 3.63) is 41.2 Å². The highest BCUT2D eigenvalue weighted by atomic mass is 15.3. The van der Waals surface area contributed by atoms with Crippen LogP contribution in [-0.2, 0) is 13.6 Å². The molecule has 0 radical (unpaired) electrons. The SMILES string of the molecule is Cc1ccc(C#N)cc1NCc1cnc(N(C)C)n1C. The summed E-state index contributed by atoms with van der Waals surface area (Å²) in [5.41, 5.74) is 3.86. The average molecular weight is 269 g/mol. The molecule has 0 atom stereocenters. The van der Waals surface area contributed by atoms with Crippen molar-refractivity contribution in [1.29, 1.82) is 5.26 Å². The molecule has 5 heteroatoms. The molecule has 0 bridgehead atoms. The van der Waals surface area contributed by atoms with Crippen molar-refractivity contribution in [3.8, 4) is 6.07 Å². The van der Waals surface area contributed by atoms with E-state index in [1.807, 2.05) is 57.4 Å². The second-order valence-corrected chi connectivity index (χ2v) is 5.00. The maximum absolute atomic E-state index is 8.95. The third kappa shape index (κ3) is 2.75. The van der Waals surface area contributed by atoms with Crippen molar-refractivity contribution >= 4 is 11.6 Å². The van der Waals surface area contributed by atoms with E-state index < -0.39 is 0 Å². The van der Waals surface area contributed by atoms with Gasteiger partial charge in [0, 0.05) is 26.8 Å². The lowest BCUT2D eigenvalue weighted by Gasteiger charge is -2.14. The molecule has 104 valence electrons. The number of imidazole rings is 1. The smallest absolute Gasteiger partial charge is 0.204 e. The molecule has 0 amide bonds. The molecule has 5 nitrogen and oxygen atoms in total. The second-order valence-electron chi connectivity index (χ2n) is 5.00. The first-order valence-corrected chi connectivity index (χ1v) is 6.45. The Labute approximate surface area is 119 Å². The van der Waals surface area contributed by atoms with E-state index in [-0.39, 0.29) is 0 Å². The van der Waals surface area contributed by atoms with Crippen LogP contribution >= 0.6 is 0 Å². The van der Waals surface area contributed by atoms with E-state index in [1.165, 1.54) is 0 Å². The van der Waals surface area contributed by atoms with Crippen LogP contribution in [0.15, 0.2) is 24.4 Å². The lowest BCUT2D eigenvalue weighted by molar-refractivity contribution is 0.813. The highest BCUT2D eigenvalue weighted by Gasteiger charge is 2.08. The minimum Gasteiger partial charge on any atom is -0.379 e. The van der Waals surface area contributed by atoms with E-state index in [4.69, 9.17) is 5.26 Å². The second kappa shape index (κ2) is 5.66. The molecule has 1 N–H and O–H groups in total. The van der Waals surface area contributed by atoms with Crippen molar-refractivity contribution in [2.24, 2.45) is 7.05 Å². The Bertz CT molecular complexity index is 649. The number of nitriles is 1. The van der Waals surface area contributed by atoms with Crippen LogP contribution < -0.4 is 10.2 Å². The Hall–Kier alpha value is -2.48. The van der Waals surface area contributed by atoms with Gasteiger partial charge in [0.25, 0.3) is 0 Å². The molecule has 0 spiro atoms. The Balaban J connectivity index is 2.15. The summed E-state index contributed by atoms with van der Waals surface area (Å²) < 4.78 is 2.05. The van der Waals surface area contributed by atoms with E-state index in [2.05, 4.69) is 20.9 Å². The molecule has 0 saturated carbocycles. The van der Waals surface area contributed by atoms with Gasteiger partial charge < -0.3 is 14.8 Å². The van der Waals surface area contributed by atoms with E-state index in [9.17, 15) is 0 Å². The van der Waals surface area contributed by atoms with Gasteiger partial charge in [0.2, 0.25) is 5.95 Å². The van der Waals surface area contributed by atoms with Crippen LogP contribution in [0.5, 0.6) is 0 Å². The Morgan fingerprint density at radius 3 is 2.75 bits per heavy atom. The summed E-state index contributed by atoms with van der Waals surface area (Å²) in [7, 11) is 5.94. The van der Waals surface area contributed by atoms with Gasteiger partial charge in [-0.2, -0.15) is 5.26 Å². The highest BCUT2D eigenvalue weighted by Crippen LogP contribution is 2.18. The summed E-state index contributed by atoms with van der Waals surface area (Å²) in [4.78, 5) is 6.36. The van der Waals surface area contributed by atoms with Gasteiger partial charge in [-0.3, -0.25) is 0 Å². The van der Waals surface area contributed by atoms with Gasteiger partial charge in [0.1, 0.15) is 0 Å². The van der Waals surface area contributed by atoms with Crippen molar-refractivity contribution in [3.63, 3.8) is 0 Å². The summed E-state index contributed by atoms with van der Waals surface area (Å²) in [6, 6.07) is 7.81. The maximum atomic E-state index is 8.95. The highest BCUT2D eigenvalue weighted by molar-refractivity contribution is 5.55. The van der Waals surface area contributed by atoms with Crippen LogP contribution in [0.25, 0.3) is 0 Å². The van der Waals surface area contributed by atoms with Crippen LogP contribution in [0.4, 0.5) is 11.6 Å². The van der Waals surface area contributed by atoms with Crippen LogP contribution in [-0.4, -0.2) is 23.6 Å². The predicted octanol–water partition coefficient (Wildman–Crippen LogP) is 2.28. The number of nitrogens with one attached hydrogen (secondary N) is 1. The molecule has 1 aromatic heterocycles. The fraction of sp³-hybridized carbons (Fsp3) is 0.333. The molecule has 20 heavy (non-hydrogen) atoms. The first-order valence-electron chi connectivity index (χ1n) is 6.45. The van der Waals surface area contributed by atoms with Gasteiger partial charge in [-0.25, -0.2) is 4.98 Å². The fourth-order valence-electron chi connectivity index (χ4n) is 2.08. The monoisotopic (exact) mass is 269 g/mol. The number of hydrogen-bond acceptors (Lipinski definition) is 4. The summed E-state index contributed by atoms with van der Waals surface area (Å²) in [6.45, 7) is 2.70. The molecule has 0 aliphatic heterocycles. The molecule has 1 heterocycles. The topological polar surface area (TPSA) is 56.9 Å².